The highest BCUT2D eigenvalue weighted by Crippen LogP contribution is 2.64. The molecule has 0 aliphatic carbocycles. The van der Waals surface area contributed by atoms with Gasteiger partial charge in [0.1, 0.15) is 0 Å². The third-order valence-corrected chi connectivity index (χ3v) is 3.65. The summed E-state index contributed by atoms with van der Waals surface area (Å²) in [5, 5.41) is 0. The fraction of sp³-hybridized carbons (Fsp3) is 1.00. The highest BCUT2D eigenvalue weighted by Gasteiger charge is 2.95. The lowest BCUT2D eigenvalue weighted by Crippen LogP contribution is -2.75. The van der Waals surface area contributed by atoms with Crippen molar-refractivity contribution in [2.24, 2.45) is 5.41 Å². The summed E-state index contributed by atoms with van der Waals surface area (Å²) >= 11 is 0. The molecule has 0 nitrogen and oxygen atoms in total. The molecule has 15 heteroatoms. The maximum atomic E-state index is 13.5. The van der Waals surface area contributed by atoms with Gasteiger partial charge in [0, 0.05) is 6.42 Å². The zero-order valence-corrected chi connectivity index (χ0v) is 14.1. The highest BCUT2D eigenvalue weighted by atomic mass is 19.4. The molecule has 0 spiro atoms. The molecule has 0 saturated carbocycles. The average Bonchev–Trinajstić information content (AvgIpc) is 2.40. The molecular formula is C13H13F15. The van der Waals surface area contributed by atoms with Crippen LogP contribution in [0.2, 0.25) is 0 Å². The lowest BCUT2D eigenvalue weighted by atomic mass is 9.82. The van der Waals surface area contributed by atoms with Crippen molar-refractivity contribution in [2.75, 3.05) is 0 Å². The van der Waals surface area contributed by atoms with E-state index in [1.54, 1.807) is 0 Å². The maximum absolute atomic E-state index is 13.5. The van der Waals surface area contributed by atoms with Crippen LogP contribution in [0.5, 0.6) is 0 Å². The van der Waals surface area contributed by atoms with Crippen LogP contribution >= 0.6 is 0 Å². The van der Waals surface area contributed by atoms with E-state index in [0.29, 0.717) is 0 Å². The van der Waals surface area contributed by atoms with Gasteiger partial charge in [0.15, 0.2) is 0 Å². The summed E-state index contributed by atoms with van der Waals surface area (Å²) in [6.07, 6.45) is -19.2. The van der Waals surface area contributed by atoms with Crippen molar-refractivity contribution in [3.05, 3.63) is 0 Å². The van der Waals surface area contributed by atoms with Gasteiger partial charge in [-0.2, -0.15) is 61.5 Å². The zero-order chi connectivity index (χ0) is 23.4. The Morgan fingerprint density at radius 3 is 1.00 bits per heavy atom. The van der Waals surface area contributed by atoms with Crippen LogP contribution in [-0.4, -0.2) is 41.7 Å². The molecule has 0 unspecified atom stereocenters. The molecule has 28 heavy (non-hydrogen) atoms. The van der Waals surface area contributed by atoms with Crippen molar-refractivity contribution >= 4 is 0 Å². The molecule has 0 fully saturated rings. The summed E-state index contributed by atoms with van der Waals surface area (Å²) in [5.74, 6) is -30.1. The van der Waals surface area contributed by atoms with Crippen molar-refractivity contribution in [1.82, 2.24) is 0 Å². The summed E-state index contributed by atoms with van der Waals surface area (Å²) in [7, 11) is 0. The molecule has 0 radical (unpaired) electrons. The number of hydrogen-bond acceptors (Lipinski definition) is 0. The Bertz CT molecular complexity index is 532. The zero-order valence-electron chi connectivity index (χ0n) is 14.1. The number of rotatable bonds is 6. The van der Waals surface area contributed by atoms with Gasteiger partial charge in [-0.1, -0.05) is 20.8 Å². The SMILES string of the molecule is CC(C)(C)CCC(F)(F)C(F)(F)C(F)(F)C(F)(F)C(F)(C(F)(F)F)C(F)(F)F. The molecule has 0 atom stereocenters. The second-order valence-electron chi connectivity index (χ2n) is 7.14. The molecule has 170 valence electrons. The monoisotopic (exact) mass is 454 g/mol. The molecule has 0 saturated heterocycles. The normalized spacial score (nSPS) is 16.5. The quantitative estimate of drug-likeness (QED) is 0.373. The molecule has 0 heterocycles. The van der Waals surface area contributed by atoms with Crippen LogP contribution in [0.1, 0.15) is 33.6 Å². The fourth-order valence-corrected chi connectivity index (χ4v) is 1.85. The van der Waals surface area contributed by atoms with Crippen LogP contribution in [0.3, 0.4) is 0 Å². The van der Waals surface area contributed by atoms with Gasteiger partial charge in [0.2, 0.25) is 0 Å². The minimum Gasteiger partial charge on any atom is -0.216 e. The van der Waals surface area contributed by atoms with Crippen LogP contribution < -0.4 is 0 Å². The predicted octanol–water partition coefficient (Wildman–Crippen LogP) is 7.19. The Balaban J connectivity index is 6.52. The molecule has 0 aromatic rings. The Labute approximate surface area is 148 Å². The van der Waals surface area contributed by atoms with Gasteiger partial charge in [-0.3, -0.25) is 0 Å². The standard InChI is InChI=1S/C13H13F15/c1-6(2,3)4-5-7(14,15)9(17,18)11(21,22)10(19,20)8(16,12(23,24)25)13(26,27)28/h4-5H2,1-3H3. The summed E-state index contributed by atoms with van der Waals surface area (Å²) < 4.78 is 194. The molecule has 0 bridgehead atoms. The van der Waals surface area contributed by atoms with Crippen molar-refractivity contribution < 1.29 is 65.9 Å². The fourth-order valence-electron chi connectivity index (χ4n) is 1.85. The summed E-state index contributed by atoms with van der Waals surface area (Å²) in [6, 6.07) is 0. The second kappa shape index (κ2) is 6.74. The Hall–Kier alpha value is -1.05. The largest absolute Gasteiger partial charge is 0.438 e. The van der Waals surface area contributed by atoms with E-state index in [0.717, 1.165) is 20.8 Å². The van der Waals surface area contributed by atoms with Gasteiger partial charge in [0.05, 0.1) is 0 Å². The minimum absolute atomic E-state index is 1.07. The van der Waals surface area contributed by atoms with E-state index in [2.05, 4.69) is 0 Å². The first-order valence-corrected chi connectivity index (χ1v) is 7.04. The van der Waals surface area contributed by atoms with Gasteiger partial charge in [0.25, 0.3) is 0 Å². The van der Waals surface area contributed by atoms with E-state index in [4.69, 9.17) is 0 Å². The molecule has 0 aliphatic rings. The molecule has 0 N–H and O–H groups in total. The maximum Gasteiger partial charge on any atom is 0.438 e. The Kier molecular flexibility index (Phi) is 6.49. The van der Waals surface area contributed by atoms with E-state index < -0.39 is 60.0 Å². The Morgan fingerprint density at radius 2 is 0.750 bits per heavy atom. The summed E-state index contributed by atoms with van der Waals surface area (Å²) in [5.41, 5.74) is -9.53. The number of hydrogen-bond donors (Lipinski definition) is 0. The van der Waals surface area contributed by atoms with E-state index in [9.17, 15) is 65.9 Å². The molecule has 0 rings (SSSR count). The van der Waals surface area contributed by atoms with E-state index >= 15 is 0 Å². The van der Waals surface area contributed by atoms with Gasteiger partial charge in [-0.05, 0) is 11.8 Å². The van der Waals surface area contributed by atoms with Gasteiger partial charge in [-0.25, -0.2) is 4.39 Å². The first kappa shape index (κ1) is 27.0. The Morgan fingerprint density at radius 1 is 0.429 bits per heavy atom. The first-order valence-electron chi connectivity index (χ1n) is 7.04. The second-order valence-corrected chi connectivity index (χ2v) is 7.14. The molecule has 0 aromatic heterocycles. The lowest BCUT2D eigenvalue weighted by molar-refractivity contribution is -0.457. The topological polar surface area (TPSA) is 0 Å². The average molecular weight is 454 g/mol. The molecule has 0 amide bonds. The van der Waals surface area contributed by atoms with Crippen LogP contribution in [0.25, 0.3) is 0 Å². The van der Waals surface area contributed by atoms with Crippen LogP contribution in [0, 0.1) is 5.41 Å². The predicted molar refractivity (Wildman–Crippen MR) is 64.4 cm³/mol. The third-order valence-electron chi connectivity index (χ3n) is 3.65. The van der Waals surface area contributed by atoms with Gasteiger partial charge >= 0.3 is 41.7 Å². The van der Waals surface area contributed by atoms with Crippen molar-refractivity contribution in [3.8, 4) is 0 Å². The van der Waals surface area contributed by atoms with Crippen LogP contribution in [0.15, 0.2) is 0 Å². The van der Waals surface area contributed by atoms with Crippen molar-refractivity contribution in [2.45, 2.75) is 75.3 Å². The highest BCUT2D eigenvalue weighted by molar-refractivity contribution is 5.16. The third kappa shape index (κ3) is 3.98. The minimum atomic E-state index is -8.34. The van der Waals surface area contributed by atoms with Crippen molar-refractivity contribution in [1.29, 1.82) is 0 Å². The van der Waals surface area contributed by atoms with Crippen molar-refractivity contribution in [3.63, 3.8) is 0 Å². The van der Waals surface area contributed by atoms with Gasteiger partial charge in [-0.15, -0.1) is 0 Å². The van der Waals surface area contributed by atoms with E-state index in [1.807, 2.05) is 0 Å². The van der Waals surface area contributed by atoms with E-state index in [1.165, 1.54) is 0 Å². The summed E-state index contributed by atoms with van der Waals surface area (Å²) in [4.78, 5) is 0. The van der Waals surface area contributed by atoms with E-state index in [-0.39, 0.29) is 0 Å². The van der Waals surface area contributed by atoms with Gasteiger partial charge < -0.3 is 0 Å². The summed E-state index contributed by atoms with van der Waals surface area (Å²) in [6.45, 7) is 3.32. The molecule has 0 aromatic carbocycles. The first-order chi connectivity index (χ1) is 11.7. The smallest absolute Gasteiger partial charge is 0.216 e. The number of halogens is 15. The number of alkyl halides is 15. The van der Waals surface area contributed by atoms with Crippen LogP contribution in [0.4, 0.5) is 65.9 Å². The van der Waals surface area contributed by atoms with Crippen LogP contribution in [-0.2, 0) is 0 Å². The molecular weight excluding hydrogens is 441 g/mol. The lowest BCUT2D eigenvalue weighted by Gasteiger charge is -2.43. The molecule has 0 aliphatic heterocycles.